The Morgan fingerprint density at radius 3 is 2.50 bits per heavy atom. The first-order valence-electron chi connectivity index (χ1n) is 10.3. The largest absolute Gasteiger partial charge is 0.478 e. The summed E-state index contributed by atoms with van der Waals surface area (Å²) in [5.41, 5.74) is 3.67. The summed E-state index contributed by atoms with van der Waals surface area (Å²) in [5, 5.41) is 16.8. The number of carbonyl (C=O) groups excluding carboxylic acids is 1. The molecular weight excluding hydrogens is 413 g/mol. The summed E-state index contributed by atoms with van der Waals surface area (Å²) < 4.78 is 15.0. The van der Waals surface area contributed by atoms with E-state index >= 15 is 0 Å². The van der Waals surface area contributed by atoms with Crippen molar-refractivity contribution >= 4 is 23.4 Å². The van der Waals surface area contributed by atoms with Gasteiger partial charge in [-0.1, -0.05) is 0 Å². The summed E-state index contributed by atoms with van der Waals surface area (Å²) in [7, 11) is 1.78. The Morgan fingerprint density at radius 2 is 1.91 bits per heavy atom. The van der Waals surface area contributed by atoms with Crippen LogP contribution < -0.4 is 10.2 Å². The number of aryl methyl sites for hydroxylation is 2. The van der Waals surface area contributed by atoms with Crippen molar-refractivity contribution in [3.63, 3.8) is 0 Å². The molecule has 32 heavy (non-hydrogen) atoms. The number of nitrogens with zero attached hydrogens (tertiary/aromatic N) is 4. The van der Waals surface area contributed by atoms with Crippen LogP contribution in [0.25, 0.3) is 0 Å². The second kappa shape index (κ2) is 9.59. The number of anilines is 2. The van der Waals surface area contributed by atoms with Crippen LogP contribution in [-0.4, -0.2) is 45.3 Å². The van der Waals surface area contributed by atoms with Crippen molar-refractivity contribution in [1.29, 1.82) is 0 Å². The van der Waals surface area contributed by atoms with E-state index in [9.17, 15) is 19.1 Å². The van der Waals surface area contributed by atoms with Crippen molar-refractivity contribution in [3.8, 4) is 0 Å². The third-order valence-corrected chi connectivity index (χ3v) is 5.35. The van der Waals surface area contributed by atoms with E-state index in [0.29, 0.717) is 18.8 Å². The van der Waals surface area contributed by atoms with Crippen molar-refractivity contribution in [2.75, 3.05) is 23.8 Å². The number of carboxylic acid groups (broad SMARTS) is 1. The lowest BCUT2D eigenvalue weighted by molar-refractivity contribution is 0.0696. The molecule has 0 saturated carbocycles. The van der Waals surface area contributed by atoms with Gasteiger partial charge in [0.1, 0.15) is 17.2 Å². The van der Waals surface area contributed by atoms with Crippen molar-refractivity contribution in [2.45, 2.75) is 33.7 Å². The number of halogens is 1. The highest BCUT2D eigenvalue weighted by Gasteiger charge is 2.19. The average Bonchev–Trinajstić information content (AvgIpc) is 3.04. The molecule has 0 aliphatic carbocycles. The van der Waals surface area contributed by atoms with E-state index in [0.717, 1.165) is 23.5 Å². The molecule has 0 atom stereocenters. The van der Waals surface area contributed by atoms with E-state index in [2.05, 4.69) is 15.4 Å². The van der Waals surface area contributed by atoms with Crippen LogP contribution in [0.5, 0.6) is 0 Å². The van der Waals surface area contributed by atoms with E-state index in [1.807, 2.05) is 25.5 Å². The molecule has 0 radical (unpaired) electrons. The van der Waals surface area contributed by atoms with Gasteiger partial charge in [-0.25, -0.2) is 14.2 Å². The van der Waals surface area contributed by atoms with E-state index < -0.39 is 17.7 Å². The number of amides is 1. The number of carboxylic acids is 1. The van der Waals surface area contributed by atoms with Gasteiger partial charge in [0.25, 0.3) is 5.91 Å². The smallest absolute Gasteiger partial charge is 0.339 e. The molecule has 1 aromatic carbocycles. The summed E-state index contributed by atoms with van der Waals surface area (Å²) in [5.74, 6) is -1.78. The Hall–Kier alpha value is -3.75. The second-order valence-corrected chi connectivity index (χ2v) is 7.50. The summed E-state index contributed by atoms with van der Waals surface area (Å²) in [6.45, 7) is 7.37. The van der Waals surface area contributed by atoms with E-state index in [-0.39, 0.29) is 16.8 Å². The Kier molecular flexibility index (Phi) is 6.87. The molecule has 0 fully saturated rings. The first-order valence-corrected chi connectivity index (χ1v) is 10.3. The molecule has 0 aliphatic rings. The highest BCUT2D eigenvalue weighted by atomic mass is 19.1. The van der Waals surface area contributed by atoms with Gasteiger partial charge in [0.2, 0.25) is 0 Å². The SMILES string of the molecule is CCn1nc(C)c(CCN(C)c2ncc(NC(=O)c3ccc(F)cc3)cc2C(=O)O)c1C. The molecule has 0 bridgehead atoms. The fourth-order valence-corrected chi connectivity index (χ4v) is 3.58. The van der Waals surface area contributed by atoms with Gasteiger partial charge in [0.15, 0.2) is 0 Å². The van der Waals surface area contributed by atoms with Gasteiger partial charge in [-0.3, -0.25) is 9.48 Å². The maximum absolute atomic E-state index is 13.1. The Balaban J connectivity index is 1.76. The summed E-state index contributed by atoms with van der Waals surface area (Å²) in [6, 6.07) is 6.43. The number of benzene rings is 1. The highest BCUT2D eigenvalue weighted by Crippen LogP contribution is 2.22. The minimum atomic E-state index is -1.15. The predicted molar refractivity (Wildman–Crippen MR) is 120 cm³/mol. The number of carbonyl (C=O) groups is 2. The molecule has 0 aliphatic heterocycles. The van der Waals surface area contributed by atoms with Crippen LogP contribution >= 0.6 is 0 Å². The number of aromatic carboxylic acids is 1. The molecule has 3 rings (SSSR count). The minimum absolute atomic E-state index is 0.0258. The average molecular weight is 439 g/mol. The van der Waals surface area contributed by atoms with Gasteiger partial charge in [0, 0.05) is 31.4 Å². The minimum Gasteiger partial charge on any atom is -0.478 e. The van der Waals surface area contributed by atoms with E-state index in [4.69, 9.17) is 0 Å². The van der Waals surface area contributed by atoms with Crippen molar-refractivity contribution < 1.29 is 19.1 Å². The van der Waals surface area contributed by atoms with Gasteiger partial charge >= 0.3 is 5.97 Å². The highest BCUT2D eigenvalue weighted by molar-refractivity contribution is 6.05. The zero-order chi connectivity index (χ0) is 23.4. The normalized spacial score (nSPS) is 10.8. The van der Waals surface area contributed by atoms with Crippen LogP contribution in [0.15, 0.2) is 36.5 Å². The van der Waals surface area contributed by atoms with Gasteiger partial charge in [-0.05, 0) is 63.1 Å². The molecular formula is C23H26FN5O3. The summed E-state index contributed by atoms with van der Waals surface area (Å²) in [4.78, 5) is 30.3. The quantitative estimate of drug-likeness (QED) is 0.555. The molecule has 0 spiro atoms. The number of aromatic nitrogens is 3. The molecule has 8 nitrogen and oxygen atoms in total. The number of rotatable bonds is 8. The first kappa shape index (κ1) is 22.9. The topological polar surface area (TPSA) is 100 Å². The Labute approximate surface area is 185 Å². The lowest BCUT2D eigenvalue weighted by Gasteiger charge is -2.20. The molecule has 2 heterocycles. The molecule has 3 aromatic rings. The molecule has 0 unspecified atom stereocenters. The van der Waals surface area contributed by atoms with Crippen LogP contribution in [0.1, 0.15) is 44.6 Å². The molecule has 0 saturated heterocycles. The molecule has 1 amide bonds. The van der Waals surface area contributed by atoms with Gasteiger partial charge in [0.05, 0.1) is 17.6 Å². The van der Waals surface area contributed by atoms with Crippen LogP contribution in [0, 0.1) is 19.7 Å². The molecule has 9 heteroatoms. The number of pyridine rings is 1. The van der Waals surface area contributed by atoms with Crippen LogP contribution in [0.2, 0.25) is 0 Å². The number of likely N-dealkylation sites (N-methyl/N-ethyl adjacent to an activating group) is 1. The Bertz CT molecular complexity index is 1140. The van der Waals surface area contributed by atoms with Crippen molar-refractivity contribution in [2.24, 2.45) is 0 Å². The van der Waals surface area contributed by atoms with Gasteiger partial charge in [-0.15, -0.1) is 0 Å². The lowest BCUT2D eigenvalue weighted by Crippen LogP contribution is -2.24. The number of nitrogens with one attached hydrogen (secondary N) is 1. The van der Waals surface area contributed by atoms with E-state index in [1.54, 1.807) is 11.9 Å². The van der Waals surface area contributed by atoms with Crippen LogP contribution in [0.3, 0.4) is 0 Å². The van der Waals surface area contributed by atoms with Gasteiger partial charge < -0.3 is 15.3 Å². The monoisotopic (exact) mass is 439 g/mol. The Morgan fingerprint density at radius 1 is 1.22 bits per heavy atom. The first-order chi connectivity index (χ1) is 15.2. The molecule has 168 valence electrons. The standard InChI is InChI=1S/C23H26FN5O3/c1-5-29-15(3)19(14(2)27-29)10-11-28(4)21-20(23(31)32)12-18(13-25-21)26-22(30)16-6-8-17(24)9-7-16/h6-9,12-13H,5,10-11H2,1-4H3,(H,26,30)(H,31,32). The predicted octanol–water partition coefficient (Wildman–Crippen LogP) is 3.68. The lowest BCUT2D eigenvalue weighted by atomic mass is 10.1. The summed E-state index contributed by atoms with van der Waals surface area (Å²) >= 11 is 0. The summed E-state index contributed by atoms with van der Waals surface area (Å²) in [6.07, 6.45) is 2.10. The third kappa shape index (κ3) is 4.93. The number of hydrogen-bond donors (Lipinski definition) is 2. The van der Waals surface area contributed by atoms with Crippen LogP contribution in [0.4, 0.5) is 15.9 Å². The van der Waals surface area contributed by atoms with Crippen LogP contribution in [-0.2, 0) is 13.0 Å². The van der Waals surface area contributed by atoms with Crippen molar-refractivity contribution in [1.82, 2.24) is 14.8 Å². The fraction of sp³-hybridized carbons (Fsp3) is 0.304. The third-order valence-electron chi connectivity index (χ3n) is 5.35. The van der Waals surface area contributed by atoms with E-state index in [1.165, 1.54) is 36.5 Å². The van der Waals surface area contributed by atoms with Crippen molar-refractivity contribution in [3.05, 3.63) is 70.4 Å². The number of hydrogen-bond acceptors (Lipinski definition) is 5. The fourth-order valence-electron chi connectivity index (χ4n) is 3.58. The van der Waals surface area contributed by atoms with Gasteiger partial charge in [-0.2, -0.15) is 5.10 Å². The zero-order valence-electron chi connectivity index (χ0n) is 18.5. The molecule has 2 N–H and O–H groups in total. The maximum atomic E-state index is 13.1. The second-order valence-electron chi connectivity index (χ2n) is 7.50. The zero-order valence-corrected chi connectivity index (χ0v) is 18.5. The maximum Gasteiger partial charge on any atom is 0.339 e. The molecule has 2 aromatic heterocycles.